The smallest absolute Gasteiger partial charge is 0.744 e. The van der Waals surface area contributed by atoms with Crippen molar-refractivity contribution in [3.05, 3.63) is 53.6 Å². The monoisotopic (exact) mass is 937 g/mol. The molecule has 0 spiro atoms. The molecule has 0 aliphatic rings. The summed E-state index contributed by atoms with van der Waals surface area (Å²) in [6.07, 6.45) is 59.9. The van der Waals surface area contributed by atoms with Crippen molar-refractivity contribution in [2.75, 3.05) is 13.2 Å². The molecule has 370 valence electrons. The van der Waals surface area contributed by atoms with Gasteiger partial charge >= 0.3 is 41.5 Å². The average molecular weight is 937 g/mol. The molecule has 0 saturated carbocycles. The number of allylic oxidation sites excluding steroid dienone is 4. The first-order chi connectivity index (χ1) is 31.3. The van der Waals surface area contributed by atoms with Gasteiger partial charge in [0, 0.05) is 0 Å². The van der Waals surface area contributed by atoms with E-state index in [1.165, 1.54) is 218 Å². The number of hydrogen-bond acceptors (Lipinski definition) is 7. The Bertz CT molecular complexity index is 1410. The zero-order chi connectivity index (χ0) is 46.4. The van der Waals surface area contributed by atoms with E-state index in [1.807, 2.05) is 0 Å². The summed E-state index contributed by atoms with van der Waals surface area (Å²) < 4.78 is 45.9. The molecule has 0 N–H and O–H groups in total. The Hall–Kier alpha value is -1.45. The van der Waals surface area contributed by atoms with Crippen LogP contribution in [0.4, 0.5) is 0 Å². The number of hydrogen-bond donors (Lipinski definition) is 0. The van der Waals surface area contributed by atoms with Crippen LogP contribution < -0.4 is 29.6 Å². The van der Waals surface area contributed by atoms with Gasteiger partial charge in [-0.15, -0.1) is 0 Å². The summed E-state index contributed by atoms with van der Waals surface area (Å²) in [4.78, 5) is 25.3. The zero-order valence-electron chi connectivity index (χ0n) is 42.5. The third kappa shape index (κ3) is 40.2. The average Bonchev–Trinajstić information content (AvgIpc) is 3.28. The Morgan fingerprint density at radius 3 is 0.969 bits per heavy atom. The summed E-state index contributed by atoms with van der Waals surface area (Å²) in [5, 5.41) is 0. The molecule has 9 heteroatoms. The number of esters is 2. The van der Waals surface area contributed by atoms with Gasteiger partial charge in [-0.25, -0.2) is 18.0 Å². The molecule has 0 aliphatic carbocycles. The van der Waals surface area contributed by atoms with Gasteiger partial charge in [-0.3, -0.25) is 0 Å². The number of carbonyl (C=O) groups excluding carboxylic acids is 2. The zero-order valence-corrected chi connectivity index (χ0v) is 45.3. The number of rotatable bonds is 47. The minimum absolute atomic E-state index is 0. The third-order valence-corrected chi connectivity index (χ3v) is 13.3. The summed E-state index contributed by atoms with van der Waals surface area (Å²) in [6.45, 7) is 4.82. The fourth-order valence-electron chi connectivity index (χ4n) is 8.36. The van der Waals surface area contributed by atoms with Crippen molar-refractivity contribution in [1.82, 2.24) is 0 Å². The molecule has 0 amide bonds. The standard InChI is InChI=1S/C56H98O7S.Na/c1-3-5-7-9-11-13-15-17-19-21-23-25-27-29-31-33-35-37-39-41-43-45-49-62-55(57)53-48-47-52(64(59,60)61)51-54(53)56(58)63-50-46-44-42-40-38-36-34-32-30-28-26-24-22-20-18-16-14-12-10-8-6-4-2;/h39-42,47-48,51H,3-38,43-46,49-50H2,1-2H3,(H,59,60,61);/q;+1/p-1/b41-39+,42-40+;. The van der Waals surface area contributed by atoms with E-state index >= 15 is 0 Å². The van der Waals surface area contributed by atoms with Crippen LogP contribution in [0.2, 0.25) is 0 Å². The summed E-state index contributed by atoms with van der Waals surface area (Å²) in [5.41, 5.74) is -0.383. The Morgan fingerprint density at radius 1 is 0.415 bits per heavy atom. The van der Waals surface area contributed by atoms with Crippen molar-refractivity contribution in [3.8, 4) is 0 Å². The number of ether oxygens (including phenoxy) is 2. The predicted molar refractivity (Wildman–Crippen MR) is 269 cm³/mol. The van der Waals surface area contributed by atoms with Gasteiger partial charge in [-0.2, -0.15) is 0 Å². The van der Waals surface area contributed by atoms with Crippen molar-refractivity contribution >= 4 is 22.1 Å². The van der Waals surface area contributed by atoms with Gasteiger partial charge in [0.1, 0.15) is 10.1 Å². The Kier molecular flexibility index (Phi) is 46.5. The van der Waals surface area contributed by atoms with Gasteiger partial charge in [0.2, 0.25) is 0 Å². The predicted octanol–water partition coefficient (Wildman–Crippen LogP) is 14.7. The van der Waals surface area contributed by atoms with Crippen LogP contribution in [-0.2, 0) is 19.6 Å². The molecule has 0 fully saturated rings. The molecule has 0 heterocycles. The fraction of sp³-hybridized carbons (Fsp3) is 0.786. The second-order valence-corrected chi connectivity index (χ2v) is 19.9. The van der Waals surface area contributed by atoms with Gasteiger partial charge in [0.05, 0.1) is 29.2 Å². The Labute approximate surface area is 423 Å². The van der Waals surface area contributed by atoms with Crippen molar-refractivity contribution in [2.45, 2.75) is 276 Å². The Morgan fingerprint density at radius 2 is 0.677 bits per heavy atom. The van der Waals surface area contributed by atoms with Crippen molar-refractivity contribution < 1.29 is 61.6 Å². The molecule has 1 aromatic carbocycles. The van der Waals surface area contributed by atoms with Gasteiger partial charge in [-0.1, -0.05) is 244 Å². The molecule has 0 radical (unpaired) electrons. The topological polar surface area (TPSA) is 110 Å². The first-order valence-corrected chi connectivity index (χ1v) is 28.5. The van der Waals surface area contributed by atoms with Crippen LogP contribution in [0, 0.1) is 0 Å². The van der Waals surface area contributed by atoms with E-state index in [1.54, 1.807) is 0 Å². The van der Waals surface area contributed by atoms with Crippen molar-refractivity contribution in [3.63, 3.8) is 0 Å². The molecule has 1 rings (SSSR count). The van der Waals surface area contributed by atoms with E-state index in [0.29, 0.717) is 12.8 Å². The maximum absolute atomic E-state index is 13.0. The molecule has 0 bridgehead atoms. The minimum atomic E-state index is -4.83. The number of benzene rings is 1. The molecule has 0 unspecified atom stereocenters. The second kappa shape index (κ2) is 47.6. The summed E-state index contributed by atoms with van der Waals surface area (Å²) in [5.74, 6) is -1.60. The van der Waals surface area contributed by atoms with Crippen LogP contribution in [-0.4, -0.2) is 38.1 Å². The van der Waals surface area contributed by atoms with Crippen molar-refractivity contribution in [1.29, 1.82) is 0 Å². The molecular formula is C56H97NaO7S. The SMILES string of the molecule is CCCCCCCCCCCCCCCCCCC/C=C/CCCOC(=O)c1ccc(S(=O)(=O)[O-])cc1C(=O)OCCC/C=C/CCCCCCCCCCCCCCCCCCC.[Na+]. The summed E-state index contributed by atoms with van der Waals surface area (Å²) in [7, 11) is -4.83. The molecule has 0 atom stereocenters. The van der Waals surface area contributed by atoms with E-state index < -0.39 is 27.0 Å². The molecule has 0 saturated heterocycles. The quantitative estimate of drug-likeness (QED) is 0.0210. The van der Waals surface area contributed by atoms with Crippen LogP contribution in [0.1, 0.15) is 291 Å². The molecule has 0 aromatic heterocycles. The van der Waals surface area contributed by atoms with Crippen LogP contribution in [0.25, 0.3) is 0 Å². The molecular weight excluding hydrogens is 840 g/mol. The van der Waals surface area contributed by atoms with E-state index in [-0.39, 0.29) is 53.9 Å². The molecule has 65 heavy (non-hydrogen) atoms. The molecule has 0 aliphatic heterocycles. The normalized spacial score (nSPS) is 11.7. The maximum Gasteiger partial charge on any atom is 1.00 e. The van der Waals surface area contributed by atoms with Crippen molar-refractivity contribution in [2.24, 2.45) is 0 Å². The third-order valence-electron chi connectivity index (χ3n) is 12.5. The first-order valence-electron chi connectivity index (χ1n) is 27.0. The second-order valence-electron chi connectivity index (χ2n) is 18.6. The van der Waals surface area contributed by atoms with Gasteiger partial charge < -0.3 is 14.0 Å². The van der Waals surface area contributed by atoms with Crippen LogP contribution in [0.3, 0.4) is 0 Å². The van der Waals surface area contributed by atoms with Gasteiger partial charge in [-0.05, 0) is 69.6 Å². The van der Waals surface area contributed by atoms with Crippen LogP contribution in [0.5, 0.6) is 0 Å². The van der Waals surface area contributed by atoms with E-state index in [4.69, 9.17) is 9.47 Å². The van der Waals surface area contributed by atoms with Crippen LogP contribution >= 0.6 is 0 Å². The van der Waals surface area contributed by atoms with E-state index in [2.05, 4.69) is 38.2 Å². The molecule has 1 aromatic rings. The fourth-order valence-corrected chi connectivity index (χ4v) is 8.86. The molecule has 7 nitrogen and oxygen atoms in total. The van der Waals surface area contributed by atoms with E-state index in [9.17, 15) is 22.6 Å². The van der Waals surface area contributed by atoms with Gasteiger partial charge in [0.25, 0.3) is 0 Å². The van der Waals surface area contributed by atoms with Crippen LogP contribution in [0.15, 0.2) is 47.4 Å². The first kappa shape index (κ1) is 63.5. The van der Waals surface area contributed by atoms with E-state index in [0.717, 1.165) is 43.9 Å². The largest absolute Gasteiger partial charge is 1.00 e. The summed E-state index contributed by atoms with van der Waals surface area (Å²) in [6, 6.07) is 3.11. The summed E-state index contributed by atoms with van der Waals surface area (Å²) >= 11 is 0. The van der Waals surface area contributed by atoms with Gasteiger partial charge in [0.15, 0.2) is 0 Å². The minimum Gasteiger partial charge on any atom is -0.744 e. The maximum atomic E-state index is 13.0. The Balaban J connectivity index is 0.0000410. The number of carbonyl (C=O) groups is 2. The number of unbranched alkanes of at least 4 members (excludes halogenated alkanes) is 36.